The van der Waals surface area contributed by atoms with Gasteiger partial charge in [0, 0.05) is 27.6 Å². The van der Waals surface area contributed by atoms with Crippen molar-refractivity contribution in [1.82, 2.24) is 5.01 Å². The standard InChI is InChI=1S/C22H15Cl2FN2O/c23-15-5-1-13(2-6-15)19-12-20-18-11-16(24)7-10-21(18)28-22(27(20)26-19)14-3-8-17(25)9-4-14/h1-11,20,22H,12H2/t20-,22+/m0/s1. The fourth-order valence-corrected chi connectivity index (χ4v) is 4.03. The van der Waals surface area contributed by atoms with Gasteiger partial charge in [-0.3, -0.25) is 0 Å². The van der Waals surface area contributed by atoms with E-state index in [2.05, 4.69) is 0 Å². The summed E-state index contributed by atoms with van der Waals surface area (Å²) in [6.07, 6.45) is 0.278. The zero-order chi connectivity index (χ0) is 19.3. The average molecular weight is 413 g/mol. The summed E-state index contributed by atoms with van der Waals surface area (Å²) < 4.78 is 19.7. The van der Waals surface area contributed by atoms with Crippen molar-refractivity contribution in [2.75, 3.05) is 0 Å². The fourth-order valence-electron chi connectivity index (χ4n) is 3.72. The Balaban J connectivity index is 1.59. The van der Waals surface area contributed by atoms with Crippen LogP contribution in [0.1, 0.15) is 35.4 Å². The first-order chi connectivity index (χ1) is 13.6. The van der Waals surface area contributed by atoms with E-state index in [4.69, 9.17) is 33.0 Å². The van der Waals surface area contributed by atoms with Gasteiger partial charge in [0.15, 0.2) is 0 Å². The van der Waals surface area contributed by atoms with Crippen molar-refractivity contribution in [2.45, 2.75) is 18.7 Å². The molecule has 0 saturated carbocycles. The fraction of sp³-hybridized carbons (Fsp3) is 0.136. The van der Waals surface area contributed by atoms with E-state index in [1.165, 1.54) is 12.1 Å². The SMILES string of the molecule is Fc1ccc([C@H]2Oc3ccc(Cl)cc3[C@@H]3CC(c4ccc(Cl)cc4)=NN23)cc1. The van der Waals surface area contributed by atoms with Gasteiger partial charge in [0.05, 0.1) is 11.8 Å². The quantitative estimate of drug-likeness (QED) is 0.487. The molecule has 2 aliphatic rings. The van der Waals surface area contributed by atoms with Gasteiger partial charge in [-0.1, -0.05) is 47.5 Å². The van der Waals surface area contributed by atoms with Crippen LogP contribution in [0.3, 0.4) is 0 Å². The summed E-state index contributed by atoms with van der Waals surface area (Å²) in [5, 5.41) is 8.14. The molecule has 0 amide bonds. The molecule has 3 nitrogen and oxygen atoms in total. The average Bonchev–Trinajstić information content (AvgIpc) is 3.14. The maximum absolute atomic E-state index is 13.4. The van der Waals surface area contributed by atoms with Crippen LogP contribution < -0.4 is 4.74 Å². The van der Waals surface area contributed by atoms with Gasteiger partial charge in [-0.2, -0.15) is 5.10 Å². The lowest BCUT2D eigenvalue weighted by Gasteiger charge is -2.38. The van der Waals surface area contributed by atoms with Gasteiger partial charge in [-0.05, 0) is 48.0 Å². The maximum Gasteiger partial charge on any atom is 0.213 e. The van der Waals surface area contributed by atoms with Crippen molar-refractivity contribution < 1.29 is 9.13 Å². The molecule has 3 aromatic rings. The first-order valence-corrected chi connectivity index (χ1v) is 9.67. The summed E-state index contributed by atoms with van der Waals surface area (Å²) in [7, 11) is 0. The second-order valence-corrected chi connectivity index (χ2v) is 7.73. The van der Waals surface area contributed by atoms with Crippen LogP contribution in [-0.4, -0.2) is 10.7 Å². The van der Waals surface area contributed by atoms with Crippen LogP contribution in [0.5, 0.6) is 5.75 Å². The van der Waals surface area contributed by atoms with Crippen molar-refractivity contribution >= 4 is 28.9 Å². The topological polar surface area (TPSA) is 24.8 Å². The van der Waals surface area contributed by atoms with Gasteiger partial charge in [0.2, 0.25) is 6.23 Å². The normalized spacial score (nSPS) is 20.2. The molecule has 3 aromatic carbocycles. The van der Waals surface area contributed by atoms with Gasteiger partial charge < -0.3 is 4.74 Å². The summed E-state index contributed by atoms with van der Waals surface area (Å²) in [6.45, 7) is 0. The van der Waals surface area contributed by atoms with Crippen LogP contribution >= 0.6 is 23.2 Å². The Bertz CT molecular complexity index is 1070. The van der Waals surface area contributed by atoms with E-state index in [-0.39, 0.29) is 11.9 Å². The van der Waals surface area contributed by atoms with E-state index in [0.717, 1.165) is 34.6 Å². The molecule has 140 valence electrons. The lowest BCUT2D eigenvalue weighted by molar-refractivity contribution is -0.0190. The molecule has 0 saturated heterocycles. The van der Waals surface area contributed by atoms with Crippen molar-refractivity contribution in [3.8, 4) is 5.75 Å². The van der Waals surface area contributed by atoms with Crippen LogP contribution in [0, 0.1) is 5.82 Å². The first kappa shape index (κ1) is 17.5. The molecule has 0 bridgehead atoms. The van der Waals surface area contributed by atoms with E-state index in [1.54, 1.807) is 12.1 Å². The molecule has 0 radical (unpaired) electrons. The van der Waals surface area contributed by atoms with Crippen LogP contribution in [0.25, 0.3) is 0 Å². The summed E-state index contributed by atoms with van der Waals surface area (Å²) in [5.74, 6) is 0.489. The van der Waals surface area contributed by atoms with Gasteiger partial charge in [0.1, 0.15) is 11.6 Å². The molecule has 0 fully saturated rings. The molecule has 2 heterocycles. The minimum Gasteiger partial charge on any atom is -0.464 e. The van der Waals surface area contributed by atoms with Crippen LogP contribution in [0.2, 0.25) is 10.0 Å². The maximum atomic E-state index is 13.4. The number of halogens is 3. The number of nitrogens with zero attached hydrogens (tertiary/aromatic N) is 2. The third-order valence-electron chi connectivity index (χ3n) is 5.08. The Kier molecular flexibility index (Phi) is 4.26. The molecule has 0 unspecified atom stereocenters. The van der Waals surface area contributed by atoms with Crippen LogP contribution in [-0.2, 0) is 0 Å². The van der Waals surface area contributed by atoms with E-state index in [0.29, 0.717) is 10.0 Å². The summed E-state index contributed by atoms with van der Waals surface area (Å²) >= 11 is 12.3. The zero-order valence-electron chi connectivity index (χ0n) is 14.6. The molecule has 5 rings (SSSR count). The highest BCUT2D eigenvalue weighted by Gasteiger charge is 2.41. The minimum absolute atomic E-state index is 0.0109. The number of hydrazone groups is 1. The Morgan fingerprint density at radius 2 is 1.64 bits per heavy atom. The van der Waals surface area contributed by atoms with E-state index in [1.807, 2.05) is 47.5 Å². The van der Waals surface area contributed by atoms with E-state index >= 15 is 0 Å². The number of benzene rings is 3. The molecular formula is C22H15Cl2FN2O. The molecular weight excluding hydrogens is 398 g/mol. The van der Waals surface area contributed by atoms with Crippen molar-refractivity contribution in [1.29, 1.82) is 0 Å². The van der Waals surface area contributed by atoms with Gasteiger partial charge in [-0.25, -0.2) is 9.40 Å². The molecule has 0 aromatic heterocycles. The third kappa shape index (κ3) is 3.03. The Morgan fingerprint density at radius 3 is 2.39 bits per heavy atom. The molecule has 6 heteroatoms. The van der Waals surface area contributed by atoms with Gasteiger partial charge in [0.25, 0.3) is 0 Å². The molecule has 2 atom stereocenters. The number of hydrogen-bond acceptors (Lipinski definition) is 3. The van der Waals surface area contributed by atoms with Crippen LogP contribution in [0.15, 0.2) is 71.8 Å². The minimum atomic E-state index is -0.441. The highest BCUT2D eigenvalue weighted by Crippen LogP contribution is 2.48. The number of hydrogen-bond donors (Lipinski definition) is 0. The van der Waals surface area contributed by atoms with Crippen molar-refractivity contribution in [2.24, 2.45) is 5.10 Å². The van der Waals surface area contributed by atoms with Gasteiger partial charge in [-0.15, -0.1) is 0 Å². The number of ether oxygens (including phenoxy) is 1. The molecule has 2 aliphatic heterocycles. The Labute approximate surface area is 172 Å². The predicted molar refractivity (Wildman–Crippen MR) is 108 cm³/mol. The lowest BCUT2D eigenvalue weighted by atomic mass is 9.96. The second kappa shape index (κ2) is 6.80. The van der Waals surface area contributed by atoms with Gasteiger partial charge >= 0.3 is 0 Å². The van der Waals surface area contributed by atoms with Crippen molar-refractivity contribution in [3.05, 3.63) is 99.3 Å². The van der Waals surface area contributed by atoms with E-state index in [9.17, 15) is 4.39 Å². The highest BCUT2D eigenvalue weighted by molar-refractivity contribution is 6.31. The monoisotopic (exact) mass is 412 g/mol. The lowest BCUT2D eigenvalue weighted by Crippen LogP contribution is -2.33. The predicted octanol–water partition coefficient (Wildman–Crippen LogP) is 6.37. The third-order valence-corrected chi connectivity index (χ3v) is 5.57. The molecule has 0 N–H and O–H groups in total. The molecule has 0 aliphatic carbocycles. The largest absolute Gasteiger partial charge is 0.464 e. The molecule has 28 heavy (non-hydrogen) atoms. The van der Waals surface area contributed by atoms with E-state index < -0.39 is 6.23 Å². The smallest absolute Gasteiger partial charge is 0.213 e. The highest BCUT2D eigenvalue weighted by atomic mass is 35.5. The first-order valence-electron chi connectivity index (χ1n) is 8.92. The Hall–Kier alpha value is -2.56. The Morgan fingerprint density at radius 1 is 0.929 bits per heavy atom. The zero-order valence-corrected chi connectivity index (χ0v) is 16.2. The summed E-state index contributed by atoms with van der Waals surface area (Å²) in [6, 6.07) is 19.6. The molecule has 0 spiro atoms. The second-order valence-electron chi connectivity index (χ2n) is 6.86. The summed E-state index contributed by atoms with van der Waals surface area (Å²) in [5.41, 5.74) is 3.80. The van der Waals surface area contributed by atoms with Crippen LogP contribution in [0.4, 0.5) is 4.39 Å². The number of fused-ring (bicyclic) bond motifs is 3. The number of rotatable bonds is 2. The van der Waals surface area contributed by atoms with Crippen molar-refractivity contribution in [3.63, 3.8) is 0 Å². The summed E-state index contributed by atoms with van der Waals surface area (Å²) in [4.78, 5) is 0.